The number of hydrogen-bond acceptors (Lipinski definition) is 4. The summed E-state index contributed by atoms with van der Waals surface area (Å²) in [6.45, 7) is 0. The number of anilines is 1. The molecule has 1 aliphatic rings. The Morgan fingerprint density at radius 1 is 1.41 bits per heavy atom. The van der Waals surface area contributed by atoms with Crippen molar-refractivity contribution < 1.29 is 4.79 Å². The standard InChI is InChI=1S/C12H18N4O/c13-9-3-1-2-4-10(9)16-8-5-6-15-11(7-8)12(14)17/h5-7,9-10H,1-4,13H2,(H2,14,17)(H,15,16)/t9-,10-/m1/s1. The first-order valence-electron chi connectivity index (χ1n) is 5.95. The minimum absolute atomic E-state index is 0.175. The lowest BCUT2D eigenvalue weighted by atomic mass is 9.91. The van der Waals surface area contributed by atoms with E-state index in [4.69, 9.17) is 11.5 Å². The number of aromatic nitrogens is 1. The molecule has 0 aromatic carbocycles. The van der Waals surface area contributed by atoms with Crippen LogP contribution in [0.1, 0.15) is 36.2 Å². The Labute approximate surface area is 101 Å². The summed E-state index contributed by atoms with van der Waals surface area (Å²) in [7, 11) is 0. The third-order valence-electron chi connectivity index (χ3n) is 3.18. The van der Waals surface area contributed by atoms with Crippen molar-refractivity contribution in [1.29, 1.82) is 0 Å². The maximum Gasteiger partial charge on any atom is 0.267 e. The Hall–Kier alpha value is -1.62. The van der Waals surface area contributed by atoms with Crippen LogP contribution in [0, 0.1) is 0 Å². The van der Waals surface area contributed by atoms with Crippen molar-refractivity contribution in [3.05, 3.63) is 24.0 Å². The molecule has 1 aromatic heterocycles. The molecule has 2 rings (SSSR count). The van der Waals surface area contributed by atoms with Crippen LogP contribution in [0.25, 0.3) is 0 Å². The summed E-state index contributed by atoms with van der Waals surface area (Å²) in [4.78, 5) is 14.9. The molecule has 5 nitrogen and oxygen atoms in total. The van der Waals surface area contributed by atoms with Gasteiger partial charge in [-0.1, -0.05) is 12.8 Å². The average molecular weight is 234 g/mol. The molecular formula is C12H18N4O. The van der Waals surface area contributed by atoms with Gasteiger partial charge in [0.1, 0.15) is 5.69 Å². The predicted molar refractivity (Wildman–Crippen MR) is 66.6 cm³/mol. The van der Waals surface area contributed by atoms with E-state index in [2.05, 4.69) is 10.3 Å². The quantitative estimate of drug-likeness (QED) is 0.723. The van der Waals surface area contributed by atoms with E-state index < -0.39 is 5.91 Å². The zero-order chi connectivity index (χ0) is 12.3. The third kappa shape index (κ3) is 2.94. The Kier molecular flexibility index (Phi) is 3.58. The van der Waals surface area contributed by atoms with E-state index in [9.17, 15) is 4.79 Å². The highest BCUT2D eigenvalue weighted by Crippen LogP contribution is 2.21. The topological polar surface area (TPSA) is 94.0 Å². The van der Waals surface area contributed by atoms with Gasteiger partial charge in [-0.25, -0.2) is 0 Å². The molecule has 0 unspecified atom stereocenters. The lowest BCUT2D eigenvalue weighted by Crippen LogP contribution is -2.42. The fraction of sp³-hybridized carbons (Fsp3) is 0.500. The molecule has 0 radical (unpaired) electrons. The fourth-order valence-electron chi connectivity index (χ4n) is 2.21. The van der Waals surface area contributed by atoms with Crippen LogP contribution in [0.5, 0.6) is 0 Å². The molecule has 0 aliphatic heterocycles. The highest BCUT2D eigenvalue weighted by Gasteiger charge is 2.21. The normalized spacial score (nSPS) is 24.3. The molecule has 0 spiro atoms. The van der Waals surface area contributed by atoms with E-state index >= 15 is 0 Å². The highest BCUT2D eigenvalue weighted by atomic mass is 16.1. The number of amides is 1. The summed E-state index contributed by atoms with van der Waals surface area (Å²) < 4.78 is 0. The minimum Gasteiger partial charge on any atom is -0.381 e. The third-order valence-corrected chi connectivity index (χ3v) is 3.18. The summed E-state index contributed by atoms with van der Waals surface area (Å²) in [5.41, 5.74) is 12.4. The van der Waals surface area contributed by atoms with E-state index in [1.165, 1.54) is 12.8 Å². The van der Waals surface area contributed by atoms with Gasteiger partial charge in [-0.3, -0.25) is 9.78 Å². The number of hydrogen-bond donors (Lipinski definition) is 3. The van der Waals surface area contributed by atoms with Crippen LogP contribution in [-0.2, 0) is 0 Å². The summed E-state index contributed by atoms with van der Waals surface area (Å²) in [5, 5.41) is 3.35. The smallest absolute Gasteiger partial charge is 0.267 e. The SMILES string of the molecule is NC(=O)c1cc(N[C@@H]2CCCC[C@H]2N)ccn1. The number of rotatable bonds is 3. The molecule has 1 aliphatic carbocycles. The summed E-state index contributed by atoms with van der Waals surface area (Å²) >= 11 is 0. The number of pyridine rings is 1. The molecule has 1 heterocycles. The van der Waals surface area contributed by atoms with Crippen molar-refractivity contribution in [2.75, 3.05) is 5.32 Å². The van der Waals surface area contributed by atoms with Gasteiger partial charge in [-0.05, 0) is 25.0 Å². The van der Waals surface area contributed by atoms with Gasteiger partial charge in [0.15, 0.2) is 0 Å². The van der Waals surface area contributed by atoms with Crippen LogP contribution in [0.15, 0.2) is 18.3 Å². The van der Waals surface area contributed by atoms with Crippen LogP contribution in [-0.4, -0.2) is 23.0 Å². The van der Waals surface area contributed by atoms with Crippen LogP contribution < -0.4 is 16.8 Å². The number of primary amides is 1. The van der Waals surface area contributed by atoms with Crippen molar-refractivity contribution in [2.24, 2.45) is 11.5 Å². The molecule has 92 valence electrons. The number of nitrogens with zero attached hydrogens (tertiary/aromatic N) is 1. The highest BCUT2D eigenvalue weighted by molar-refractivity contribution is 5.91. The number of carbonyl (C=O) groups is 1. The number of nitrogens with one attached hydrogen (secondary N) is 1. The first-order chi connectivity index (χ1) is 8.16. The van der Waals surface area contributed by atoms with Crippen LogP contribution in [0.2, 0.25) is 0 Å². The molecule has 1 aromatic rings. The van der Waals surface area contributed by atoms with E-state index in [1.807, 2.05) is 6.07 Å². The molecule has 5 N–H and O–H groups in total. The van der Waals surface area contributed by atoms with Crippen LogP contribution in [0.4, 0.5) is 5.69 Å². The lowest BCUT2D eigenvalue weighted by Gasteiger charge is -2.30. The Morgan fingerprint density at radius 2 is 2.18 bits per heavy atom. The molecule has 1 fully saturated rings. The maximum absolute atomic E-state index is 11.0. The molecule has 2 atom stereocenters. The van der Waals surface area contributed by atoms with E-state index in [0.717, 1.165) is 18.5 Å². The zero-order valence-electron chi connectivity index (χ0n) is 9.73. The summed E-state index contributed by atoms with van der Waals surface area (Å²) in [6.07, 6.45) is 6.08. The second-order valence-corrected chi connectivity index (χ2v) is 4.49. The molecule has 1 saturated carbocycles. The Balaban J connectivity index is 2.07. The van der Waals surface area contributed by atoms with Gasteiger partial charge in [0.05, 0.1) is 0 Å². The van der Waals surface area contributed by atoms with Gasteiger partial charge in [-0.2, -0.15) is 0 Å². The van der Waals surface area contributed by atoms with E-state index in [0.29, 0.717) is 0 Å². The van der Waals surface area contributed by atoms with Crippen molar-refractivity contribution in [2.45, 2.75) is 37.8 Å². The van der Waals surface area contributed by atoms with Crippen molar-refractivity contribution in [1.82, 2.24) is 4.98 Å². The first-order valence-corrected chi connectivity index (χ1v) is 5.95. The number of nitrogens with two attached hydrogens (primary N) is 2. The van der Waals surface area contributed by atoms with Gasteiger partial charge < -0.3 is 16.8 Å². The van der Waals surface area contributed by atoms with Crippen LogP contribution in [0.3, 0.4) is 0 Å². The van der Waals surface area contributed by atoms with Gasteiger partial charge in [0.2, 0.25) is 0 Å². The molecule has 17 heavy (non-hydrogen) atoms. The lowest BCUT2D eigenvalue weighted by molar-refractivity contribution is 0.0995. The second-order valence-electron chi connectivity index (χ2n) is 4.49. The van der Waals surface area contributed by atoms with Crippen molar-refractivity contribution in [3.63, 3.8) is 0 Å². The van der Waals surface area contributed by atoms with Crippen molar-refractivity contribution in [3.8, 4) is 0 Å². The molecular weight excluding hydrogens is 216 g/mol. The zero-order valence-corrected chi connectivity index (χ0v) is 9.73. The summed E-state index contributed by atoms with van der Waals surface area (Å²) in [6, 6.07) is 3.94. The Bertz CT molecular complexity index is 407. The van der Waals surface area contributed by atoms with Gasteiger partial charge in [0.25, 0.3) is 5.91 Å². The van der Waals surface area contributed by atoms with Gasteiger partial charge >= 0.3 is 0 Å². The minimum atomic E-state index is -0.512. The maximum atomic E-state index is 11.0. The molecule has 0 bridgehead atoms. The Morgan fingerprint density at radius 3 is 2.88 bits per heavy atom. The van der Waals surface area contributed by atoms with Gasteiger partial charge in [0, 0.05) is 24.0 Å². The first kappa shape index (κ1) is 11.9. The van der Waals surface area contributed by atoms with E-state index in [1.54, 1.807) is 12.3 Å². The molecule has 5 heteroatoms. The second kappa shape index (κ2) is 5.14. The van der Waals surface area contributed by atoms with E-state index in [-0.39, 0.29) is 17.8 Å². The average Bonchev–Trinajstić information content (AvgIpc) is 2.32. The predicted octanol–water partition coefficient (Wildman–Crippen LogP) is 0.862. The molecule has 0 saturated heterocycles. The van der Waals surface area contributed by atoms with Gasteiger partial charge in [-0.15, -0.1) is 0 Å². The largest absolute Gasteiger partial charge is 0.381 e. The van der Waals surface area contributed by atoms with Crippen LogP contribution >= 0.6 is 0 Å². The fourth-order valence-corrected chi connectivity index (χ4v) is 2.21. The monoisotopic (exact) mass is 234 g/mol. The summed E-state index contributed by atoms with van der Waals surface area (Å²) in [5.74, 6) is -0.512. The molecule has 1 amide bonds. The number of carbonyl (C=O) groups excluding carboxylic acids is 1. The van der Waals surface area contributed by atoms with Crippen molar-refractivity contribution >= 4 is 11.6 Å².